The highest BCUT2D eigenvalue weighted by atomic mass is 35.5. The van der Waals surface area contributed by atoms with Crippen LogP contribution in [0.15, 0.2) is 53.2 Å². The molecule has 3 rings (SSSR count). The van der Waals surface area contributed by atoms with E-state index in [2.05, 4.69) is 4.98 Å². The van der Waals surface area contributed by atoms with Gasteiger partial charge in [-0.15, -0.1) is 0 Å². The first kappa shape index (κ1) is 11.3. The molecule has 18 heavy (non-hydrogen) atoms. The van der Waals surface area contributed by atoms with Crippen molar-refractivity contribution in [1.82, 2.24) is 4.98 Å². The van der Waals surface area contributed by atoms with Crippen molar-refractivity contribution in [1.29, 1.82) is 0 Å². The number of rotatable bonds is 2. The number of halogens is 1. The number of hydrogen-bond donors (Lipinski definition) is 1. The Kier molecular flexibility index (Phi) is 2.78. The van der Waals surface area contributed by atoms with Crippen LogP contribution in [0.1, 0.15) is 17.4 Å². The Balaban J connectivity index is 2.14. The highest BCUT2D eigenvalue weighted by molar-refractivity contribution is 6.28. The van der Waals surface area contributed by atoms with E-state index >= 15 is 0 Å². The summed E-state index contributed by atoms with van der Waals surface area (Å²) in [6.45, 7) is 0. The zero-order valence-electron chi connectivity index (χ0n) is 9.51. The number of aromatic nitrogens is 1. The molecule has 0 aliphatic rings. The van der Waals surface area contributed by atoms with Crippen molar-refractivity contribution in [3.8, 4) is 0 Å². The van der Waals surface area contributed by atoms with E-state index in [1.54, 1.807) is 18.3 Å². The van der Waals surface area contributed by atoms with Crippen LogP contribution in [0.5, 0.6) is 0 Å². The summed E-state index contributed by atoms with van der Waals surface area (Å²) < 4.78 is 5.36. The Hall–Kier alpha value is -1.84. The summed E-state index contributed by atoms with van der Waals surface area (Å²) >= 11 is 5.77. The van der Waals surface area contributed by atoms with Crippen molar-refractivity contribution in [2.75, 3.05) is 0 Å². The van der Waals surface area contributed by atoms with E-state index in [-0.39, 0.29) is 6.04 Å². The first-order valence-electron chi connectivity index (χ1n) is 5.59. The summed E-state index contributed by atoms with van der Waals surface area (Å²) in [7, 11) is 0. The minimum absolute atomic E-state index is 0.341. The van der Waals surface area contributed by atoms with Crippen LogP contribution in [0.3, 0.4) is 0 Å². The van der Waals surface area contributed by atoms with Crippen LogP contribution in [-0.2, 0) is 0 Å². The van der Waals surface area contributed by atoms with Crippen LogP contribution in [0.25, 0.3) is 10.8 Å². The molecular formula is C14H11ClN2O. The van der Waals surface area contributed by atoms with Crippen LogP contribution in [0.2, 0.25) is 5.22 Å². The summed E-state index contributed by atoms with van der Waals surface area (Å²) in [5.74, 6) is 0.637. The van der Waals surface area contributed by atoms with Crippen molar-refractivity contribution < 1.29 is 4.42 Å². The third-order valence-corrected chi connectivity index (χ3v) is 3.14. The van der Waals surface area contributed by atoms with E-state index in [0.717, 1.165) is 16.3 Å². The fourth-order valence-corrected chi connectivity index (χ4v) is 2.19. The molecule has 1 unspecified atom stereocenters. The highest BCUT2D eigenvalue weighted by Gasteiger charge is 2.15. The van der Waals surface area contributed by atoms with Gasteiger partial charge in [-0.25, -0.2) is 0 Å². The number of hydrogen-bond acceptors (Lipinski definition) is 3. The molecule has 90 valence electrons. The fourth-order valence-electron chi connectivity index (χ4n) is 2.04. The predicted octanol–water partition coefficient (Wildman–Crippen LogP) is 3.53. The SMILES string of the molecule is NC(c1ccc(Cl)o1)c1cncc2ccccc12. The molecule has 2 aromatic heterocycles. The van der Waals surface area contributed by atoms with E-state index in [0.29, 0.717) is 11.0 Å². The smallest absolute Gasteiger partial charge is 0.193 e. The van der Waals surface area contributed by atoms with E-state index in [4.69, 9.17) is 21.8 Å². The second-order valence-corrected chi connectivity index (χ2v) is 4.44. The van der Waals surface area contributed by atoms with Crippen molar-refractivity contribution >= 4 is 22.4 Å². The number of benzene rings is 1. The van der Waals surface area contributed by atoms with Crippen LogP contribution in [0, 0.1) is 0 Å². The maximum Gasteiger partial charge on any atom is 0.193 e. The van der Waals surface area contributed by atoms with E-state index in [1.807, 2.05) is 30.5 Å². The Morgan fingerprint density at radius 2 is 1.94 bits per heavy atom. The van der Waals surface area contributed by atoms with Gasteiger partial charge in [-0.1, -0.05) is 24.3 Å². The predicted molar refractivity (Wildman–Crippen MR) is 71.5 cm³/mol. The molecule has 4 heteroatoms. The molecule has 1 aromatic carbocycles. The van der Waals surface area contributed by atoms with Gasteiger partial charge in [0.2, 0.25) is 0 Å². The molecule has 2 heterocycles. The van der Waals surface area contributed by atoms with Crippen LogP contribution >= 0.6 is 11.6 Å². The lowest BCUT2D eigenvalue weighted by Crippen LogP contribution is -2.11. The lowest BCUT2D eigenvalue weighted by molar-refractivity contribution is 0.492. The molecule has 0 amide bonds. The highest BCUT2D eigenvalue weighted by Crippen LogP contribution is 2.28. The van der Waals surface area contributed by atoms with E-state index in [9.17, 15) is 0 Å². The summed E-state index contributed by atoms with van der Waals surface area (Å²) in [5, 5.41) is 2.48. The summed E-state index contributed by atoms with van der Waals surface area (Å²) in [6, 6.07) is 11.1. The third kappa shape index (κ3) is 1.88. The van der Waals surface area contributed by atoms with Gasteiger partial charge < -0.3 is 10.2 Å². The van der Waals surface area contributed by atoms with Gasteiger partial charge in [-0.05, 0) is 29.1 Å². The molecule has 3 aromatic rings. The van der Waals surface area contributed by atoms with Gasteiger partial charge >= 0.3 is 0 Å². The summed E-state index contributed by atoms with van der Waals surface area (Å²) in [4.78, 5) is 4.21. The molecule has 0 saturated carbocycles. The Labute approximate surface area is 109 Å². The van der Waals surface area contributed by atoms with Gasteiger partial charge in [0, 0.05) is 23.3 Å². The largest absolute Gasteiger partial charge is 0.448 e. The van der Waals surface area contributed by atoms with Crippen LogP contribution < -0.4 is 5.73 Å². The fraction of sp³-hybridized carbons (Fsp3) is 0.0714. The van der Waals surface area contributed by atoms with Gasteiger partial charge in [0.15, 0.2) is 5.22 Å². The molecule has 3 nitrogen and oxygen atoms in total. The lowest BCUT2D eigenvalue weighted by Gasteiger charge is -2.11. The standard InChI is InChI=1S/C14H11ClN2O/c15-13-6-5-12(18-13)14(16)11-8-17-7-9-3-1-2-4-10(9)11/h1-8,14H,16H2. The molecule has 0 bridgehead atoms. The molecule has 0 spiro atoms. The van der Waals surface area contributed by atoms with Gasteiger partial charge in [0.05, 0.1) is 6.04 Å². The topological polar surface area (TPSA) is 52.0 Å². The Morgan fingerprint density at radius 3 is 2.72 bits per heavy atom. The van der Waals surface area contributed by atoms with Gasteiger partial charge in [0.25, 0.3) is 0 Å². The average molecular weight is 259 g/mol. The second kappa shape index (κ2) is 4.44. The molecule has 2 N–H and O–H groups in total. The Bertz CT molecular complexity index is 688. The minimum Gasteiger partial charge on any atom is -0.448 e. The molecule has 1 atom stereocenters. The van der Waals surface area contributed by atoms with Gasteiger partial charge in [-0.3, -0.25) is 4.98 Å². The van der Waals surface area contributed by atoms with Crippen molar-refractivity contribution in [2.24, 2.45) is 5.73 Å². The maximum absolute atomic E-state index is 6.20. The number of pyridine rings is 1. The van der Waals surface area contributed by atoms with E-state index in [1.165, 1.54) is 0 Å². The zero-order valence-corrected chi connectivity index (χ0v) is 10.3. The van der Waals surface area contributed by atoms with Crippen molar-refractivity contribution in [3.63, 3.8) is 0 Å². The summed E-state index contributed by atoms with van der Waals surface area (Å²) in [5.41, 5.74) is 7.13. The normalized spacial score (nSPS) is 12.8. The van der Waals surface area contributed by atoms with E-state index < -0.39 is 0 Å². The molecule has 0 aliphatic carbocycles. The first-order chi connectivity index (χ1) is 8.75. The molecule has 0 fully saturated rings. The molecule has 0 saturated heterocycles. The summed E-state index contributed by atoms with van der Waals surface area (Å²) in [6.07, 6.45) is 3.59. The quantitative estimate of drug-likeness (QED) is 0.765. The van der Waals surface area contributed by atoms with Gasteiger partial charge in [-0.2, -0.15) is 0 Å². The van der Waals surface area contributed by atoms with Gasteiger partial charge in [0.1, 0.15) is 5.76 Å². The van der Waals surface area contributed by atoms with Crippen molar-refractivity contribution in [2.45, 2.75) is 6.04 Å². The molecule has 0 radical (unpaired) electrons. The number of furan rings is 1. The second-order valence-electron chi connectivity index (χ2n) is 4.07. The Morgan fingerprint density at radius 1 is 1.11 bits per heavy atom. The molecular weight excluding hydrogens is 248 g/mol. The monoisotopic (exact) mass is 258 g/mol. The number of fused-ring (bicyclic) bond motifs is 1. The third-order valence-electron chi connectivity index (χ3n) is 2.93. The number of nitrogens with two attached hydrogens (primary N) is 1. The minimum atomic E-state index is -0.365. The average Bonchev–Trinajstić information content (AvgIpc) is 2.84. The lowest BCUT2D eigenvalue weighted by atomic mass is 10.0. The first-order valence-corrected chi connectivity index (χ1v) is 5.97. The maximum atomic E-state index is 6.20. The van der Waals surface area contributed by atoms with Crippen LogP contribution in [-0.4, -0.2) is 4.98 Å². The molecule has 0 aliphatic heterocycles. The van der Waals surface area contributed by atoms with Crippen molar-refractivity contribution in [3.05, 3.63) is 65.3 Å². The zero-order chi connectivity index (χ0) is 12.5. The number of nitrogens with zero attached hydrogens (tertiary/aromatic N) is 1. The van der Waals surface area contributed by atoms with Crippen LogP contribution in [0.4, 0.5) is 0 Å².